The quantitative estimate of drug-likeness (QED) is 0.586. The molecule has 2 heteroatoms. The smallest absolute Gasteiger partial charge is 0.00747 e. The first kappa shape index (κ1) is 12.6. The van der Waals surface area contributed by atoms with Crippen molar-refractivity contribution >= 4 is 11.8 Å². The number of rotatable bonds is 6. The average molecular weight is 223 g/mol. The Morgan fingerprint density at radius 3 is 2.40 bits per heavy atom. The molecule has 0 unspecified atom stereocenters. The predicted octanol–water partition coefficient (Wildman–Crippen LogP) is 3.34. The summed E-state index contributed by atoms with van der Waals surface area (Å²) in [5.74, 6) is 0. The number of hydrogen-bond donors (Lipinski definition) is 1. The summed E-state index contributed by atoms with van der Waals surface area (Å²) in [6, 6.07) is 8.97. The molecule has 1 aromatic rings. The van der Waals surface area contributed by atoms with E-state index >= 15 is 0 Å². The lowest BCUT2D eigenvalue weighted by Gasteiger charge is -2.06. The summed E-state index contributed by atoms with van der Waals surface area (Å²) in [6.07, 6.45) is 2.39. The zero-order valence-electron chi connectivity index (χ0n) is 9.92. The minimum atomic E-state index is 0.667. The second kappa shape index (κ2) is 6.91. The van der Waals surface area contributed by atoms with Gasteiger partial charge in [0.1, 0.15) is 0 Å². The van der Waals surface area contributed by atoms with Gasteiger partial charge in [-0.15, -0.1) is 11.8 Å². The Kier molecular flexibility index (Phi) is 5.81. The summed E-state index contributed by atoms with van der Waals surface area (Å²) in [6.45, 7) is 5.56. The molecule has 0 aliphatic carbocycles. The summed E-state index contributed by atoms with van der Waals surface area (Å²) < 4.78 is 0. The summed E-state index contributed by atoms with van der Waals surface area (Å²) >= 11 is 1.92. The van der Waals surface area contributed by atoms with E-state index < -0.39 is 0 Å². The third-order valence-electron chi connectivity index (χ3n) is 2.19. The fraction of sp³-hybridized carbons (Fsp3) is 0.538. The molecule has 0 aliphatic rings. The van der Waals surface area contributed by atoms with Gasteiger partial charge in [-0.05, 0) is 44.1 Å². The number of aryl methyl sites for hydroxylation is 1. The maximum atomic E-state index is 3.17. The van der Waals surface area contributed by atoms with Crippen molar-refractivity contribution in [3.05, 3.63) is 29.8 Å². The molecule has 0 saturated heterocycles. The predicted molar refractivity (Wildman–Crippen MR) is 69.7 cm³/mol. The molecule has 1 N–H and O–H groups in total. The van der Waals surface area contributed by atoms with E-state index in [-0.39, 0.29) is 0 Å². The summed E-state index contributed by atoms with van der Waals surface area (Å²) in [5, 5.41) is 3.84. The third kappa shape index (κ3) is 5.24. The van der Waals surface area contributed by atoms with Crippen molar-refractivity contribution in [3.8, 4) is 0 Å². The van der Waals surface area contributed by atoms with Crippen LogP contribution in [0.15, 0.2) is 29.2 Å². The Balaban J connectivity index is 2.42. The Bertz CT molecular complexity index is 266. The molecule has 1 nitrogen and oxygen atoms in total. The van der Waals surface area contributed by atoms with Crippen molar-refractivity contribution in [2.24, 2.45) is 0 Å². The van der Waals surface area contributed by atoms with Crippen LogP contribution in [0.2, 0.25) is 0 Å². The summed E-state index contributed by atoms with van der Waals surface area (Å²) in [5.41, 5.74) is 1.44. The number of thioether (sulfide) groups is 1. The van der Waals surface area contributed by atoms with Crippen molar-refractivity contribution < 1.29 is 0 Å². The molecule has 0 amide bonds. The average Bonchev–Trinajstić information content (AvgIpc) is 2.20. The lowest BCUT2D eigenvalue weighted by molar-refractivity contribution is 0.724. The van der Waals surface area contributed by atoms with Gasteiger partial charge < -0.3 is 5.32 Å². The van der Waals surface area contributed by atoms with Gasteiger partial charge in [-0.25, -0.2) is 0 Å². The van der Waals surface area contributed by atoms with Crippen LogP contribution in [0, 0.1) is 0 Å². The minimum Gasteiger partial charge on any atom is -0.320 e. The van der Waals surface area contributed by atoms with Gasteiger partial charge in [0, 0.05) is 10.1 Å². The third-order valence-corrected chi connectivity index (χ3v) is 3.20. The molecular formula is C13H21NS. The zero-order valence-corrected chi connectivity index (χ0v) is 10.7. The van der Waals surface area contributed by atoms with Crippen LogP contribution in [0.25, 0.3) is 0 Å². The zero-order chi connectivity index (χ0) is 11.1. The van der Waals surface area contributed by atoms with Crippen LogP contribution in [-0.2, 0) is 6.42 Å². The lowest BCUT2D eigenvalue weighted by atomic mass is 10.1. The second-order valence-corrected chi connectivity index (χ2v) is 5.67. The van der Waals surface area contributed by atoms with Crippen molar-refractivity contribution in [3.63, 3.8) is 0 Å². The van der Waals surface area contributed by atoms with E-state index in [1.54, 1.807) is 0 Å². The highest BCUT2D eigenvalue weighted by Gasteiger charge is 1.98. The first-order valence-electron chi connectivity index (χ1n) is 5.62. The fourth-order valence-electron chi connectivity index (χ4n) is 1.48. The number of nitrogens with one attached hydrogen (secondary N) is 1. The lowest BCUT2D eigenvalue weighted by Crippen LogP contribution is -2.08. The van der Waals surface area contributed by atoms with Crippen molar-refractivity contribution in [1.29, 1.82) is 0 Å². The molecule has 0 bridgehead atoms. The highest BCUT2D eigenvalue weighted by molar-refractivity contribution is 7.99. The van der Waals surface area contributed by atoms with Crippen LogP contribution in [0.1, 0.15) is 25.8 Å². The molecule has 1 aromatic carbocycles. The summed E-state index contributed by atoms with van der Waals surface area (Å²) in [4.78, 5) is 1.38. The summed E-state index contributed by atoms with van der Waals surface area (Å²) in [7, 11) is 2.00. The highest BCUT2D eigenvalue weighted by atomic mass is 32.2. The largest absolute Gasteiger partial charge is 0.320 e. The molecule has 0 aromatic heterocycles. The number of benzene rings is 1. The standard InChI is InChI=1S/C13H21NS/c1-11(2)15-13-8-6-12(7-9-13)5-4-10-14-3/h6-9,11,14H,4-5,10H2,1-3H3. The van der Waals surface area contributed by atoms with Crippen LogP contribution < -0.4 is 5.32 Å². The van der Waals surface area contributed by atoms with Gasteiger partial charge >= 0.3 is 0 Å². The van der Waals surface area contributed by atoms with E-state index in [2.05, 4.69) is 43.4 Å². The Morgan fingerprint density at radius 1 is 1.20 bits per heavy atom. The molecule has 84 valence electrons. The maximum absolute atomic E-state index is 3.17. The monoisotopic (exact) mass is 223 g/mol. The molecule has 0 fully saturated rings. The van der Waals surface area contributed by atoms with E-state index in [0.717, 1.165) is 6.54 Å². The highest BCUT2D eigenvalue weighted by Crippen LogP contribution is 2.23. The van der Waals surface area contributed by atoms with E-state index in [9.17, 15) is 0 Å². The molecule has 0 aliphatic heterocycles. The van der Waals surface area contributed by atoms with Gasteiger partial charge in [0.2, 0.25) is 0 Å². The molecule has 15 heavy (non-hydrogen) atoms. The fourth-order valence-corrected chi connectivity index (χ4v) is 2.31. The van der Waals surface area contributed by atoms with E-state index in [4.69, 9.17) is 0 Å². The normalized spacial score (nSPS) is 10.9. The Morgan fingerprint density at radius 2 is 1.87 bits per heavy atom. The van der Waals surface area contributed by atoms with E-state index in [1.807, 2.05) is 18.8 Å². The van der Waals surface area contributed by atoms with Crippen molar-refractivity contribution in [2.45, 2.75) is 36.8 Å². The topological polar surface area (TPSA) is 12.0 Å². The number of hydrogen-bond acceptors (Lipinski definition) is 2. The SMILES string of the molecule is CNCCCc1ccc(SC(C)C)cc1. The molecule has 0 spiro atoms. The van der Waals surface area contributed by atoms with Gasteiger partial charge in [-0.3, -0.25) is 0 Å². The van der Waals surface area contributed by atoms with Crippen LogP contribution in [0.4, 0.5) is 0 Å². The van der Waals surface area contributed by atoms with Crippen molar-refractivity contribution in [2.75, 3.05) is 13.6 Å². The Labute approximate surface area is 97.7 Å². The van der Waals surface area contributed by atoms with Gasteiger partial charge in [0.05, 0.1) is 0 Å². The minimum absolute atomic E-state index is 0.667. The van der Waals surface area contributed by atoms with Crippen LogP contribution >= 0.6 is 11.8 Å². The molecule has 1 rings (SSSR count). The van der Waals surface area contributed by atoms with E-state index in [1.165, 1.54) is 23.3 Å². The van der Waals surface area contributed by atoms with Crippen LogP contribution in [0.5, 0.6) is 0 Å². The molecule has 0 saturated carbocycles. The van der Waals surface area contributed by atoms with Crippen molar-refractivity contribution in [1.82, 2.24) is 5.32 Å². The molecule has 0 atom stereocenters. The first-order chi connectivity index (χ1) is 7.22. The van der Waals surface area contributed by atoms with E-state index in [0.29, 0.717) is 5.25 Å². The second-order valence-electron chi connectivity index (χ2n) is 4.02. The van der Waals surface area contributed by atoms with Crippen LogP contribution in [-0.4, -0.2) is 18.8 Å². The molecular weight excluding hydrogens is 202 g/mol. The van der Waals surface area contributed by atoms with Gasteiger partial charge in [-0.2, -0.15) is 0 Å². The van der Waals surface area contributed by atoms with Gasteiger partial charge in [-0.1, -0.05) is 26.0 Å². The van der Waals surface area contributed by atoms with Crippen LogP contribution in [0.3, 0.4) is 0 Å². The van der Waals surface area contributed by atoms with Gasteiger partial charge in [0.15, 0.2) is 0 Å². The first-order valence-corrected chi connectivity index (χ1v) is 6.50. The Hall–Kier alpha value is -0.470. The molecule has 0 heterocycles. The molecule has 0 radical (unpaired) electrons. The van der Waals surface area contributed by atoms with Gasteiger partial charge in [0.25, 0.3) is 0 Å². The maximum Gasteiger partial charge on any atom is 0.00747 e.